The van der Waals surface area contributed by atoms with Gasteiger partial charge in [-0.3, -0.25) is 0 Å². The van der Waals surface area contributed by atoms with Crippen LogP contribution < -0.4 is 10.5 Å². The zero-order chi connectivity index (χ0) is 14.8. The van der Waals surface area contributed by atoms with Crippen LogP contribution in [0.1, 0.15) is 13.3 Å². The molecule has 0 aromatic heterocycles. The van der Waals surface area contributed by atoms with Crippen LogP contribution in [0.4, 0.5) is 5.69 Å². The summed E-state index contributed by atoms with van der Waals surface area (Å²) in [4.78, 5) is 0.916. The van der Waals surface area contributed by atoms with Crippen molar-refractivity contribution in [1.82, 2.24) is 4.72 Å². The van der Waals surface area contributed by atoms with Crippen molar-refractivity contribution in [2.75, 3.05) is 37.0 Å². The minimum atomic E-state index is -3.22. The summed E-state index contributed by atoms with van der Waals surface area (Å²) in [5, 5.41) is 0. The normalized spacial score (nSPS) is 11.7. The Morgan fingerprint density at radius 1 is 1.35 bits per heavy atom. The predicted octanol–water partition coefficient (Wildman–Crippen LogP) is 1.71. The van der Waals surface area contributed by atoms with Crippen LogP contribution >= 0.6 is 11.8 Å². The molecule has 0 aliphatic heterocycles. The van der Waals surface area contributed by atoms with Crippen molar-refractivity contribution in [2.24, 2.45) is 0 Å². The van der Waals surface area contributed by atoms with Gasteiger partial charge >= 0.3 is 0 Å². The molecular weight excluding hydrogens is 296 g/mol. The molecule has 0 saturated carbocycles. The number of nitrogens with one attached hydrogen (secondary N) is 1. The molecule has 1 rings (SSSR count). The van der Waals surface area contributed by atoms with E-state index >= 15 is 0 Å². The number of para-hydroxylation sites is 1. The Morgan fingerprint density at radius 2 is 2.10 bits per heavy atom. The average Bonchev–Trinajstić information content (AvgIpc) is 2.40. The van der Waals surface area contributed by atoms with E-state index in [2.05, 4.69) is 4.72 Å². The largest absolute Gasteiger partial charge is 0.398 e. The third-order valence-electron chi connectivity index (χ3n) is 2.52. The number of anilines is 1. The van der Waals surface area contributed by atoms with Gasteiger partial charge in [0.15, 0.2) is 0 Å². The van der Waals surface area contributed by atoms with E-state index in [1.807, 2.05) is 31.2 Å². The molecule has 0 aliphatic carbocycles. The van der Waals surface area contributed by atoms with E-state index in [4.69, 9.17) is 10.5 Å². The summed E-state index contributed by atoms with van der Waals surface area (Å²) in [6.45, 7) is 3.56. The Hall–Kier alpha value is -0.760. The van der Waals surface area contributed by atoms with Crippen LogP contribution in [0.3, 0.4) is 0 Å². The Labute approximate surface area is 125 Å². The molecule has 0 bridgehead atoms. The average molecular weight is 318 g/mol. The number of benzene rings is 1. The number of hydrogen-bond donors (Lipinski definition) is 2. The van der Waals surface area contributed by atoms with Crippen molar-refractivity contribution in [3.05, 3.63) is 24.3 Å². The zero-order valence-corrected chi connectivity index (χ0v) is 13.3. The number of thioether (sulfide) groups is 1. The van der Waals surface area contributed by atoms with Crippen molar-refractivity contribution in [2.45, 2.75) is 18.2 Å². The molecular formula is C13H22N2O3S2. The minimum absolute atomic E-state index is 0.0840. The highest BCUT2D eigenvalue weighted by Gasteiger charge is 2.10. The van der Waals surface area contributed by atoms with Crippen LogP contribution in [0.25, 0.3) is 0 Å². The zero-order valence-electron chi connectivity index (χ0n) is 11.7. The van der Waals surface area contributed by atoms with E-state index in [0.29, 0.717) is 37.6 Å². The van der Waals surface area contributed by atoms with E-state index in [1.54, 1.807) is 0 Å². The molecule has 3 N–H and O–H groups in total. The molecule has 0 heterocycles. The standard InChI is InChI=1S/C13H22N2O3S2/c1-2-18-9-5-8-15-20(16,17)11-10-19-13-7-4-3-6-12(13)14/h3-4,6-7,15H,2,5,8-11,14H2,1H3. The van der Waals surface area contributed by atoms with E-state index in [9.17, 15) is 8.42 Å². The molecule has 0 unspecified atom stereocenters. The fourth-order valence-electron chi connectivity index (χ4n) is 1.49. The first-order chi connectivity index (χ1) is 9.55. The predicted molar refractivity (Wildman–Crippen MR) is 84.5 cm³/mol. The molecule has 1 aromatic carbocycles. The molecule has 0 spiro atoms. The summed E-state index contributed by atoms with van der Waals surface area (Å²) in [7, 11) is -3.22. The number of ether oxygens (including phenoxy) is 1. The number of rotatable bonds is 10. The number of nitrogens with two attached hydrogens (primary N) is 1. The molecule has 0 saturated heterocycles. The van der Waals surface area contributed by atoms with Crippen LogP contribution in [0.15, 0.2) is 29.2 Å². The molecule has 0 radical (unpaired) electrons. The van der Waals surface area contributed by atoms with E-state index in [-0.39, 0.29) is 5.75 Å². The smallest absolute Gasteiger partial charge is 0.212 e. The summed E-state index contributed by atoms with van der Waals surface area (Å²) in [5.41, 5.74) is 6.48. The topological polar surface area (TPSA) is 81.4 Å². The van der Waals surface area contributed by atoms with Crippen molar-refractivity contribution < 1.29 is 13.2 Å². The Bertz CT molecular complexity index is 492. The van der Waals surface area contributed by atoms with Crippen LogP contribution in [-0.4, -0.2) is 39.7 Å². The van der Waals surface area contributed by atoms with Crippen molar-refractivity contribution >= 4 is 27.5 Å². The second kappa shape index (κ2) is 9.23. The first-order valence-electron chi connectivity index (χ1n) is 6.57. The molecule has 5 nitrogen and oxygen atoms in total. The third kappa shape index (κ3) is 7.14. The van der Waals surface area contributed by atoms with Crippen LogP contribution in [0.2, 0.25) is 0 Å². The highest BCUT2D eigenvalue weighted by molar-refractivity contribution is 8.00. The number of nitrogen functional groups attached to an aromatic ring is 1. The Morgan fingerprint density at radius 3 is 2.80 bits per heavy atom. The highest BCUT2D eigenvalue weighted by atomic mass is 32.2. The molecule has 0 amide bonds. The van der Waals surface area contributed by atoms with Gasteiger partial charge in [0.05, 0.1) is 5.75 Å². The van der Waals surface area contributed by atoms with Crippen LogP contribution in [-0.2, 0) is 14.8 Å². The minimum Gasteiger partial charge on any atom is -0.398 e. The second-order valence-corrected chi connectivity index (χ2v) is 7.21. The Kier molecular flexibility index (Phi) is 7.98. The maximum Gasteiger partial charge on any atom is 0.212 e. The Balaban J connectivity index is 2.24. The van der Waals surface area contributed by atoms with E-state index in [1.165, 1.54) is 11.8 Å². The molecule has 7 heteroatoms. The van der Waals surface area contributed by atoms with Gasteiger partial charge in [-0.25, -0.2) is 13.1 Å². The highest BCUT2D eigenvalue weighted by Crippen LogP contribution is 2.24. The number of hydrogen-bond acceptors (Lipinski definition) is 5. The summed E-state index contributed by atoms with van der Waals surface area (Å²) in [5.74, 6) is 0.565. The SMILES string of the molecule is CCOCCCNS(=O)(=O)CCSc1ccccc1N. The number of sulfonamides is 1. The van der Waals surface area contributed by atoms with Gasteiger partial charge in [-0.15, -0.1) is 11.8 Å². The van der Waals surface area contributed by atoms with Gasteiger partial charge in [0.2, 0.25) is 10.0 Å². The lowest BCUT2D eigenvalue weighted by atomic mass is 10.3. The van der Waals surface area contributed by atoms with E-state index < -0.39 is 10.0 Å². The summed E-state index contributed by atoms with van der Waals surface area (Å²) < 4.78 is 31.2. The molecule has 0 aliphatic rings. The van der Waals surface area contributed by atoms with Crippen molar-refractivity contribution in [3.63, 3.8) is 0 Å². The second-order valence-electron chi connectivity index (χ2n) is 4.15. The first kappa shape index (κ1) is 17.3. The third-order valence-corrected chi connectivity index (χ3v) is 5.26. The molecule has 1 aromatic rings. The molecule has 114 valence electrons. The van der Waals surface area contributed by atoms with Crippen molar-refractivity contribution in [3.8, 4) is 0 Å². The van der Waals surface area contributed by atoms with Gasteiger partial charge < -0.3 is 10.5 Å². The lowest BCUT2D eigenvalue weighted by Gasteiger charge is -2.07. The van der Waals surface area contributed by atoms with Crippen molar-refractivity contribution in [1.29, 1.82) is 0 Å². The molecule has 0 atom stereocenters. The lowest BCUT2D eigenvalue weighted by molar-refractivity contribution is 0.146. The first-order valence-corrected chi connectivity index (χ1v) is 9.21. The van der Waals surface area contributed by atoms with E-state index in [0.717, 1.165) is 4.90 Å². The van der Waals surface area contributed by atoms with Gasteiger partial charge in [-0.2, -0.15) is 0 Å². The molecule has 0 fully saturated rings. The maximum atomic E-state index is 11.7. The van der Waals surface area contributed by atoms with Crippen LogP contribution in [0, 0.1) is 0 Å². The maximum absolute atomic E-state index is 11.7. The summed E-state index contributed by atoms with van der Waals surface area (Å²) in [6, 6.07) is 7.44. The fourth-order valence-corrected chi connectivity index (χ4v) is 3.93. The lowest BCUT2D eigenvalue weighted by Crippen LogP contribution is -2.28. The van der Waals surface area contributed by atoms with Gasteiger partial charge in [0.1, 0.15) is 0 Å². The van der Waals surface area contributed by atoms with Crippen LogP contribution in [0.5, 0.6) is 0 Å². The summed E-state index contributed by atoms with van der Waals surface area (Å²) >= 11 is 1.45. The fraction of sp³-hybridized carbons (Fsp3) is 0.538. The monoisotopic (exact) mass is 318 g/mol. The quantitative estimate of drug-likeness (QED) is 0.390. The van der Waals surface area contributed by atoms with Gasteiger partial charge in [-0.1, -0.05) is 12.1 Å². The summed E-state index contributed by atoms with van der Waals surface area (Å²) in [6.07, 6.45) is 0.686. The van der Waals surface area contributed by atoms with Gasteiger partial charge in [0, 0.05) is 36.1 Å². The molecule has 20 heavy (non-hydrogen) atoms. The van der Waals surface area contributed by atoms with Gasteiger partial charge in [0.25, 0.3) is 0 Å². The van der Waals surface area contributed by atoms with Gasteiger partial charge in [-0.05, 0) is 25.5 Å².